The number of morpholine rings is 1. The van der Waals surface area contributed by atoms with Crippen molar-refractivity contribution in [3.63, 3.8) is 0 Å². The summed E-state index contributed by atoms with van der Waals surface area (Å²) in [5.41, 5.74) is 0.182. The summed E-state index contributed by atoms with van der Waals surface area (Å²) in [7, 11) is 2.59. The molecule has 2 aromatic heterocycles. The molecular weight excluding hydrogens is 512 g/mol. The van der Waals surface area contributed by atoms with Crippen LogP contribution < -0.4 is 19.7 Å². The molecule has 2 aliphatic rings. The largest absolute Gasteiger partial charge is 0.494 e. The van der Waals surface area contributed by atoms with Crippen LogP contribution in [0.4, 0.5) is 20.5 Å². The first-order chi connectivity index (χ1) is 18.9. The molecule has 0 bridgehead atoms. The van der Waals surface area contributed by atoms with Gasteiger partial charge in [-0.3, -0.25) is 4.79 Å². The molecule has 12 heteroatoms. The number of pyridine rings is 1. The first-order valence-corrected chi connectivity index (χ1v) is 12.5. The van der Waals surface area contributed by atoms with Gasteiger partial charge in [0.1, 0.15) is 5.52 Å². The van der Waals surface area contributed by atoms with E-state index in [0.29, 0.717) is 68.6 Å². The Labute approximate surface area is 223 Å². The Balaban J connectivity index is 1.59. The molecular formula is C27H29F2N5O5. The lowest BCUT2D eigenvalue weighted by atomic mass is 9.97. The standard InChI is InChI=1S/C27H29F2N5O5/c1-4-17(35)9-16-13-39-14-19(16)32-27-30-12-15-10-18(22-23(28)20(36-2)11-21(37-3)24(22)29)31-26(25(15)33-27)34-5-7-38-8-6-34/h4,10-12,16,19H,1,5-9,13-14H2,2-3H3,(H,30,32,33)/t16-,19+/m0/s1. The van der Waals surface area contributed by atoms with Crippen LogP contribution in [-0.4, -0.2) is 80.5 Å². The number of ketones is 1. The highest BCUT2D eigenvalue weighted by molar-refractivity contribution is 5.92. The van der Waals surface area contributed by atoms with Crippen molar-refractivity contribution in [3.05, 3.63) is 42.6 Å². The molecule has 0 unspecified atom stereocenters. The fourth-order valence-electron chi connectivity index (χ4n) is 4.79. The number of allylic oxidation sites excluding steroid dienone is 1. The van der Waals surface area contributed by atoms with Crippen molar-refractivity contribution in [2.75, 3.05) is 64.0 Å². The maximum absolute atomic E-state index is 15.4. The molecule has 2 atom stereocenters. The second-order valence-corrected chi connectivity index (χ2v) is 9.27. The van der Waals surface area contributed by atoms with E-state index in [4.69, 9.17) is 23.9 Å². The average molecular weight is 542 g/mol. The zero-order valence-corrected chi connectivity index (χ0v) is 21.7. The predicted octanol–water partition coefficient (Wildman–Crippen LogP) is 3.40. The lowest BCUT2D eigenvalue weighted by Gasteiger charge is -2.29. The van der Waals surface area contributed by atoms with E-state index < -0.39 is 11.6 Å². The van der Waals surface area contributed by atoms with Crippen LogP contribution in [0.3, 0.4) is 0 Å². The zero-order valence-electron chi connectivity index (χ0n) is 21.7. The van der Waals surface area contributed by atoms with Gasteiger partial charge in [-0.15, -0.1) is 0 Å². The smallest absolute Gasteiger partial charge is 0.223 e. The molecule has 2 aliphatic heterocycles. The lowest BCUT2D eigenvalue weighted by Crippen LogP contribution is -2.37. The molecule has 3 aromatic rings. The topological polar surface area (TPSA) is 108 Å². The Kier molecular flexibility index (Phi) is 7.84. The molecule has 2 fully saturated rings. The van der Waals surface area contributed by atoms with Gasteiger partial charge in [-0.2, -0.15) is 0 Å². The van der Waals surface area contributed by atoms with Gasteiger partial charge in [0.05, 0.1) is 57.9 Å². The normalized spacial score (nSPS) is 19.2. The summed E-state index contributed by atoms with van der Waals surface area (Å²) < 4.78 is 52.1. The molecule has 10 nitrogen and oxygen atoms in total. The quantitative estimate of drug-likeness (QED) is 0.405. The van der Waals surface area contributed by atoms with E-state index in [2.05, 4.69) is 21.9 Å². The van der Waals surface area contributed by atoms with E-state index in [1.165, 1.54) is 26.4 Å². The highest BCUT2D eigenvalue weighted by Crippen LogP contribution is 2.39. The highest BCUT2D eigenvalue weighted by atomic mass is 19.1. The van der Waals surface area contributed by atoms with Gasteiger partial charge >= 0.3 is 0 Å². The average Bonchev–Trinajstić information content (AvgIpc) is 3.39. The second kappa shape index (κ2) is 11.5. The third-order valence-electron chi connectivity index (χ3n) is 6.89. The summed E-state index contributed by atoms with van der Waals surface area (Å²) in [6, 6.07) is 2.52. The number of anilines is 2. The number of halogens is 2. The fourth-order valence-corrected chi connectivity index (χ4v) is 4.79. The van der Waals surface area contributed by atoms with Crippen molar-refractivity contribution in [3.8, 4) is 22.8 Å². The minimum absolute atomic E-state index is 0.0488. The monoisotopic (exact) mass is 541 g/mol. The van der Waals surface area contributed by atoms with Gasteiger partial charge in [0.15, 0.2) is 34.7 Å². The van der Waals surface area contributed by atoms with Crippen LogP contribution in [0.2, 0.25) is 0 Å². The molecule has 1 N–H and O–H groups in total. The highest BCUT2D eigenvalue weighted by Gasteiger charge is 2.31. The Morgan fingerprint density at radius 3 is 2.51 bits per heavy atom. The van der Waals surface area contributed by atoms with E-state index in [9.17, 15) is 4.79 Å². The number of ether oxygens (including phenoxy) is 4. The Morgan fingerprint density at radius 1 is 1.13 bits per heavy atom. The number of hydrogen-bond donors (Lipinski definition) is 1. The zero-order chi connectivity index (χ0) is 27.5. The molecule has 0 aliphatic carbocycles. The molecule has 39 heavy (non-hydrogen) atoms. The number of hydrogen-bond acceptors (Lipinski definition) is 10. The molecule has 0 saturated carbocycles. The maximum Gasteiger partial charge on any atom is 0.223 e. The number of benzene rings is 1. The van der Waals surface area contributed by atoms with Crippen molar-refractivity contribution < 1.29 is 32.5 Å². The molecule has 1 aromatic carbocycles. The minimum atomic E-state index is -0.892. The number of carbonyl (C=O) groups excluding carboxylic acids is 1. The maximum atomic E-state index is 15.4. The summed E-state index contributed by atoms with van der Waals surface area (Å²) in [6.07, 6.45) is 3.19. The first-order valence-electron chi connectivity index (χ1n) is 12.5. The molecule has 2 saturated heterocycles. The Morgan fingerprint density at radius 2 is 1.85 bits per heavy atom. The molecule has 0 amide bonds. The van der Waals surface area contributed by atoms with Gasteiger partial charge in [0.25, 0.3) is 0 Å². The Hall–Kier alpha value is -3.90. The van der Waals surface area contributed by atoms with Gasteiger partial charge < -0.3 is 29.2 Å². The summed E-state index contributed by atoms with van der Waals surface area (Å²) in [4.78, 5) is 27.7. The van der Waals surface area contributed by atoms with Crippen LogP contribution >= 0.6 is 0 Å². The summed E-state index contributed by atoms with van der Waals surface area (Å²) in [5.74, 6) is -1.46. The van der Waals surface area contributed by atoms with E-state index in [0.717, 1.165) is 6.07 Å². The van der Waals surface area contributed by atoms with Gasteiger partial charge in [-0.05, 0) is 12.1 Å². The third-order valence-corrected chi connectivity index (χ3v) is 6.89. The number of rotatable bonds is 9. The van der Waals surface area contributed by atoms with Crippen molar-refractivity contribution in [1.29, 1.82) is 0 Å². The summed E-state index contributed by atoms with van der Waals surface area (Å²) in [6.45, 7) is 6.37. The minimum Gasteiger partial charge on any atom is -0.494 e. The van der Waals surface area contributed by atoms with E-state index in [-0.39, 0.29) is 40.5 Å². The van der Waals surface area contributed by atoms with Crippen molar-refractivity contribution >= 4 is 28.5 Å². The molecule has 0 radical (unpaired) electrons. The first kappa shape index (κ1) is 26.7. The van der Waals surface area contributed by atoms with Gasteiger partial charge in [-0.25, -0.2) is 23.7 Å². The molecule has 4 heterocycles. The van der Waals surface area contributed by atoms with Gasteiger partial charge in [0.2, 0.25) is 5.95 Å². The molecule has 206 valence electrons. The SMILES string of the molecule is C=CC(=O)C[C@H]1COC[C@H]1Nc1ncc2cc(-c3c(F)c(OC)cc(OC)c3F)nc(N3CCOCC3)c2n1. The van der Waals surface area contributed by atoms with E-state index >= 15 is 8.78 Å². The van der Waals surface area contributed by atoms with Gasteiger partial charge in [-0.1, -0.05) is 6.58 Å². The van der Waals surface area contributed by atoms with Crippen molar-refractivity contribution in [2.45, 2.75) is 12.5 Å². The van der Waals surface area contributed by atoms with Crippen molar-refractivity contribution in [1.82, 2.24) is 15.0 Å². The van der Waals surface area contributed by atoms with Gasteiger partial charge in [0, 0.05) is 43.1 Å². The fraction of sp³-hybridized carbons (Fsp3) is 0.407. The number of methoxy groups -OCH3 is 2. The lowest BCUT2D eigenvalue weighted by molar-refractivity contribution is -0.115. The number of fused-ring (bicyclic) bond motifs is 1. The number of aromatic nitrogens is 3. The third kappa shape index (κ3) is 5.34. The molecule has 0 spiro atoms. The van der Waals surface area contributed by atoms with E-state index in [1.54, 1.807) is 6.20 Å². The summed E-state index contributed by atoms with van der Waals surface area (Å²) in [5, 5.41) is 3.82. The van der Waals surface area contributed by atoms with E-state index in [1.807, 2.05) is 4.90 Å². The number of nitrogens with one attached hydrogen (secondary N) is 1. The predicted molar refractivity (Wildman–Crippen MR) is 140 cm³/mol. The van der Waals surface area contributed by atoms with Crippen LogP contribution in [0.5, 0.6) is 11.5 Å². The van der Waals surface area contributed by atoms with Crippen LogP contribution in [-0.2, 0) is 14.3 Å². The molecule has 5 rings (SSSR count). The van der Waals surface area contributed by atoms with Crippen LogP contribution in [0.15, 0.2) is 31.0 Å². The number of carbonyl (C=O) groups is 1. The van der Waals surface area contributed by atoms with Crippen LogP contribution in [0, 0.1) is 17.6 Å². The van der Waals surface area contributed by atoms with Crippen LogP contribution in [0.1, 0.15) is 6.42 Å². The van der Waals surface area contributed by atoms with Crippen LogP contribution in [0.25, 0.3) is 22.2 Å². The number of nitrogens with zero attached hydrogens (tertiary/aromatic N) is 4. The van der Waals surface area contributed by atoms with Crippen molar-refractivity contribution in [2.24, 2.45) is 5.92 Å². The Bertz CT molecular complexity index is 1370. The summed E-state index contributed by atoms with van der Waals surface area (Å²) >= 11 is 0. The second-order valence-electron chi connectivity index (χ2n) is 9.27.